The van der Waals surface area contributed by atoms with E-state index in [2.05, 4.69) is 15.6 Å². The number of rotatable bonds is 8. The molecule has 2 N–H and O–H groups in total. The van der Waals surface area contributed by atoms with Crippen LogP contribution < -0.4 is 10.6 Å². The molecular formula is C14H25N5O3. The minimum absolute atomic E-state index is 0.0891. The molecule has 2 aliphatic rings. The van der Waals surface area contributed by atoms with Crippen LogP contribution in [0.15, 0.2) is 4.99 Å². The fraction of sp³-hybridized carbons (Fsp3) is 0.786. The number of amides is 3. The average Bonchev–Trinajstić information content (AvgIpc) is 3.28. The standard InChI is InChI=1S/C14H25N5O3/c1-15-13(18(2)7-8-22-10-11-3-4-11)16-5-6-19-12(20)9-17-14(19)21/h11H,3-10H2,1-2H3,(H,15,16)(H,17,21). The first-order valence-electron chi connectivity index (χ1n) is 7.69. The van der Waals surface area contributed by atoms with E-state index in [1.54, 1.807) is 7.05 Å². The molecule has 8 nitrogen and oxygen atoms in total. The van der Waals surface area contributed by atoms with Crippen molar-refractivity contribution >= 4 is 17.9 Å². The highest BCUT2D eigenvalue weighted by Gasteiger charge is 2.27. The van der Waals surface area contributed by atoms with Gasteiger partial charge in [0, 0.05) is 40.3 Å². The summed E-state index contributed by atoms with van der Waals surface area (Å²) in [5.74, 6) is 1.30. The van der Waals surface area contributed by atoms with Gasteiger partial charge in [0.25, 0.3) is 0 Å². The second kappa shape index (κ2) is 7.98. The van der Waals surface area contributed by atoms with E-state index >= 15 is 0 Å². The van der Waals surface area contributed by atoms with Crippen LogP contribution in [0.25, 0.3) is 0 Å². The number of hydrogen-bond donors (Lipinski definition) is 2. The lowest BCUT2D eigenvalue weighted by Gasteiger charge is -2.22. The lowest BCUT2D eigenvalue weighted by Crippen LogP contribution is -2.44. The Labute approximate surface area is 130 Å². The summed E-state index contributed by atoms with van der Waals surface area (Å²) in [4.78, 5) is 30.2. The molecule has 0 aromatic heterocycles. The van der Waals surface area contributed by atoms with Crippen molar-refractivity contribution in [1.29, 1.82) is 0 Å². The molecule has 1 aliphatic heterocycles. The molecule has 0 aromatic rings. The van der Waals surface area contributed by atoms with Gasteiger partial charge in [0.2, 0.25) is 5.91 Å². The summed E-state index contributed by atoms with van der Waals surface area (Å²) in [6, 6.07) is -0.330. The summed E-state index contributed by atoms with van der Waals surface area (Å²) in [6.45, 7) is 3.16. The second-order valence-electron chi connectivity index (χ2n) is 5.62. The van der Waals surface area contributed by atoms with E-state index in [-0.39, 0.29) is 18.5 Å². The van der Waals surface area contributed by atoms with Crippen molar-refractivity contribution in [3.63, 3.8) is 0 Å². The van der Waals surface area contributed by atoms with Crippen molar-refractivity contribution in [3.05, 3.63) is 0 Å². The number of imide groups is 1. The molecule has 1 heterocycles. The first-order valence-corrected chi connectivity index (χ1v) is 7.69. The van der Waals surface area contributed by atoms with Crippen LogP contribution in [0.5, 0.6) is 0 Å². The molecule has 1 saturated carbocycles. The van der Waals surface area contributed by atoms with Crippen LogP contribution in [0.2, 0.25) is 0 Å². The first kappa shape index (κ1) is 16.5. The number of guanidine groups is 1. The zero-order valence-corrected chi connectivity index (χ0v) is 13.3. The van der Waals surface area contributed by atoms with Gasteiger partial charge in [-0.15, -0.1) is 0 Å². The maximum Gasteiger partial charge on any atom is 0.324 e. The fourth-order valence-corrected chi connectivity index (χ4v) is 2.19. The van der Waals surface area contributed by atoms with E-state index in [1.807, 2.05) is 11.9 Å². The Hall–Kier alpha value is -1.83. The number of ether oxygens (including phenoxy) is 1. The van der Waals surface area contributed by atoms with Crippen LogP contribution in [0.1, 0.15) is 12.8 Å². The van der Waals surface area contributed by atoms with E-state index in [1.165, 1.54) is 17.7 Å². The predicted molar refractivity (Wildman–Crippen MR) is 82.6 cm³/mol. The summed E-state index contributed by atoms with van der Waals surface area (Å²) in [6.07, 6.45) is 2.59. The number of hydrogen-bond acceptors (Lipinski definition) is 4. The summed E-state index contributed by atoms with van der Waals surface area (Å²) in [7, 11) is 3.64. The van der Waals surface area contributed by atoms with E-state index < -0.39 is 0 Å². The maximum atomic E-state index is 11.5. The van der Waals surface area contributed by atoms with Crippen molar-refractivity contribution in [1.82, 2.24) is 20.4 Å². The van der Waals surface area contributed by atoms with Crippen molar-refractivity contribution < 1.29 is 14.3 Å². The topological polar surface area (TPSA) is 86.3 Å². The number of nitrogens with one attached hydrogen (secondary N) is 2. The largest absolute Gasteiger partial charge is 0.379 e. The minimum Gasteiger partial charge on any atom is -0.379 e. The third-order valence-electron chi connectivity index (χ3n) is 3.75. The Bertz CT molecular complexity index is 420. The first-order chi connectivity index (χ1) is 10.6. The van der Waals surface area contributed by atoms with Gasteiger partial charge in [-0.05, 0) is 18.8 Å². The van der Waals surface area contributed by atoms with Gasteiger partial charge in [-0.25, -0.2) is 4.79 Å². The highest BCUT2D eigenvalue weighted by Crippen LogP contribution is 2.28. The summed E-state index contributed by atoms with van der Waals surface area (Å²) in [5.41, 5.74) is 0. The van der Waals surface area contributed by atoms with E-state index in [0.29, 0.717) is 19.7 Å². The summed E-state index contributed by atoms with van der Waals surface area (Å²) >= 11 is 0. The highest BCUT2D eigenvalue weighted by molar-refractivity contribution is 6.01. The Morgan fingerprint density at radius 3 is 2.86 bits per heavy atom. The molecule has 8 heteroatoms. The molecule has 1 saturated heterocycles. The van der Waals surface area contributed by atoms with Crippen LogP contribution in [0.4, 0.5) is 4.79 Å². The lowest BCUT2D eigenvalue weighted by atomic mass is 10.5. The monoisotopic (exact) mass is 311 g/mol. The van der Waals surface area contributed by atoms with Crippen LogP contribution in [-0.2, 0) is 9.53 Å². The normalized spacial score (nSPS) is 18.6. The van der Waals surface area contributed by atoms with Gasteiger partial charge in [0.15, 0.2) is 5.96 Å². The maximum absolute atomic E-state index is 11.5. The lowest BCUT2D eigenvalue weighted by molar-refractivity contribution is -0.124. The number of carbonyl (C=O) groups excluding carboxylic acids is 2. The molecule has 0 bridgehead atoms. The minimum atomic E-state index is -0.330. The third-order valence-corrected chi connectivity index (χ3v) is 3.75. The van der Waals surface area contributed by atoms with Crippen LogP contribution in [-0.4, -0.2) is 81.2 Å². The van der Waals surface area contributed by atoms with Gasteiger partial charge >= 0.3 is 6.03 Å². The molecule has 22 heavy (non-hydrogen) atoms. The molecule has 3 amide bonds. The van der Waals surface area contributed by atoms with Crippen molar-refractivity contribution in [2.45, 2.75) is 12.8 Å². The Morgan fingerprint density at radius 1 is 1.50 bits per heavy atom. The number of carbonyl (C=O) groups is 2. The van der Waals surface area contributed by atoms with Gasteiger partial charge in [0.05, 0.1) is 13.2 Å². The number of nitrogens with zero attached hydrogens (tertiary/aromatic N) is 3. The fourth-order valence-electron chi connectivity index (χ4n) is 2.19. The summed E-state index contributed by atoms with van der Waals surface area (Å²) in [5, 5.41) is 5.64. The molecule has 2 fully saturated rings. The Balaban J connectivity index is 1.62. The molecule has 0 unspecified atom stereocenters. The van der Waals surface area contributed by atoms with Gasteiger partial charge in [0.1, 0.15) is 0 Å². The molecule has 124 valence electrons. The third kappa shape index (κ3) is 4.87. The number of likely N-dealkylation sites (N-methyl/N-ethyl adjacent to an activating group) is 1. The molecular weight excluding hydrogens is 286 g/mol. The summed E-state index contributed by atoms with van der Waals surface area (Å²) < 4.78 is 5.61. The van der Waals surface area contributed by atoms with Crippen LogP contribution in [0, 0.1) is 5.92 Å². The van der Waals surface area contributed by atoms with Gasteiger partial charge in [-0.1, -0.05) is 0 Å². The molecule has 0 atom stereocenters. The zero-order chi connectivity index (χ0) is 15.9. The van der Waals surface area contributed by atoms with Crippen molar-refractivity contribution in [2.24, 2.45) is 10.9 Å². The number of urea groups is 1. The molecule has 2 rings (SSSR count). The van der Waals surface area contributed by atoms with Crippen LogP contribution >= 0.6 is 0 Å². The van der Waals surface area contributed by atoms with Crippen molar-refractivity contribution in [3.8, 4) is 0 Å². The van der Waals surface area contributed by atoms with Gasteiger partial charge in [-0.2, -0.15) is 0 Å². The molecule has 1 aliphatic carbocycles. The average molecular weight is 311 g/mol. The molecule has 0 spiro atoms. The smallest absolute Gasteiger partial charge is 0.324 e. The quantitative estimate of drug-likeness (QED) is 0.272. The molecule has 0 aromatic carbocycles. The highest BCUT2D eigenvalue weighted by atomic mass is 16.5. The predicted octanol–water partition coefficient (Wildman–Crippen LogP) is -0.528. The molecule has 0 radical (unpaired) electrons. The van der Waals surface area contributed by atoms with E-state index in [9.17, 15) is 9.59 Å². The second-order valence-corrected chi connectivity index (χ2v) is 5.62. The van der Waals surface area contributed by atoms with Crippen molar-refractivity contribution in [2.75, 3.05) is 53.5 Å². The Kier molecular flexibility index (Phi) is 6.00. The van der Waals surface area contributed by atoms with E-state index in [4.69, 9.17) is 4.74 Å². The van der Waals surface area contributed by atoms with Crippen LogP contribution in [0.3, 0.4) is 0 Å². The number of aliphatic imine (C=N–C) groups is 1. The van der Waals surface area contributed by atoms with Gasteiger partial charge in [-0.3, -0.25) is 14.7 Å². The SMILES string of the molecule is CN=C(NCCN1C(=O)CNC1=O)N(C)CCOCC1CC1. The Morgan fingerprint density at radius 2 is 2.27 bits per heavy atom. The van der Waals surface area contributed by atoms with Gasteiger partial charge < -0.3 is 20.3 Å². The zero-order valence-electron chi connectivity index (χ0n) is 13.3. The van der Waals surface area contributed by atoms with E-state index in [0.717, 1.165) is 25.0 Å².